The molecule has 2 aromatic rings. The number of rotatable bonds is 3. The molecular formula is C12H6BrN3O3. The van der Waals surface area contributed by atoms with Crippen LogP contribution in [0.4, 0.5) is 5.69 Å². The molecule has 0 bridgehead atoms. The van der Waals surface area contributed by atoms with Gasteiger partial charge in [-0.3, -0.25) is 10.1 Å². The van der Waals surface area contributed by atoms with Gasteiger partial charge < -0.3 is 4.74 Å². The maximum Gasteiger partial charge on any atom is 0.289 e. The minimum absolute atomic E-state index is 0.00459. The lowest BCUT2D eigenvalue weighted by molar-refractivity contribution is -0.385. The largest absolute Gasteiger partial charge is 0.436 e. The number of nitro groups is 1. The zero-order valence-electron chi connectivity index (χ0n) is 9.41. The van der Waals surface area contributed by atoms with Crippen LogP contribution in [0.5, 0.6) is 11.6 Å². The third-order valence-corrected chi connectivity index (χ3v) is 2.87. The zero-order valence-corrected chi connectivity index (χ0v) is 11.0. The van der Waals surface area contributed by atoms with E-state index in [2.05, 4.69) is 20.9 Å². The van der Waals surface area contributed by atoms with Gasteiger partial charge in [-0.05, 0) is 28.1 Å². The van der Waals surface area contributed by atoms with E-state index in [1.165, 1.54) is 0 Å². The first-order chi connectivity index (χ1) is 9.11. The van der Waals surface area contributed by atoms with Crippen molar-refractivity contribution in [1.29, 1.82) is 5.26 Å². The van der Waals surface area contributed by atoms with Gasteiger partial charge in [-0.2, -0.15) is 5.26 Å². The number of pyridine rings is 1. The van der Waals surface area contributed by atoms with Crippen LogP contribution in [0, 0.1) is 21.4 Å². The Balaban J connectivity index is 2.39. The van der Waals surface area contributed by atoms with Gasteiger partial charge in [0.05, 0.1) is 9.40 Å². The molecule has 0 amide bonds. The summed E-state index contributed by atoms with van der Waals surface area (Å²) in [6, 6.07) is 9.98. The van der Waals surface area contributed by atoms with Crippen LogP contribution in [0.3, 0.4) is 0 Å². The lowest BCUT2D eigenvalue weighted by Crippen LogP contribution is -1.95. The number of hydrogen-bond donors (Lipinski definition) is 0. The number of nitrogens with zero attached hydrogens (tertiary/aromatic N) is 3. The standard InChI is InChI=1S/C12H6BrN3O3/c13-10-3-1-2-4-11(10)19-12-8(6-14)5-9(7-15-12)16(17)18/h1-5,7H. The Labute approximate surface area is 116 Å². The topological polar surface area (TPSA) is 89.0 Å². The number of ether oxygens (including phenoxy) is 1. The first-order valence-corrected chi connectivity index (χ1v) is 5.88. The second kappa shape index (κ2) is 5.46. The highest BCUT2D eigenvalue weighted by molar-refractivity contribution is 9.10. The van der Waals surface area contributed by atoms with Crippen molar-refractivity contribution in [2.45, 2.75) is 0 Å². The zero-order chi connectivity index (χ0) is 13.8. The molecule has 6 nitrogen and oxygen atoms in total. The third-order valence-electron chi connectivity index (χ3n) is 2.21. The fraction of sp³-hybridized carbons (Fsp3) is 0. The van der Waals surface area contributed by atoms with Gasteiger partial charge in [-0.15, -0.1) is 0 Å². The molecule has 0 aliphatic carbocycles. The molecule has 0 saturated carbocycles. The molecule has 0 spiro atoms. The molecule has 1 aromatic heterocycles. The summed E-state index contributed by atoms with van der Waals surface area (Å²) < 4.78 is 6.16. The van der Waals surface area contributed by atoms with Crippen molar-refractivity contribution in [3.05, 3.63) is 56.7 Å². The highest BCUT2D eigenvalue weighted by Crippen LogP contribution is 2.30. The fourth-order valence-corrected chi connectivity index (χ4v) is 1.70. The van der Waals surface area contributed by atoms with E-state index < -0.39 is 4.92 Å². The highest BCUT2D eigenvalue weighted by Gasteiger charge is 2.14. The monoisotopic (exact) mass is 319 g/mol. The number of nitriles is 1. The second-order valence-corrected chi connectivity index (χ2v) is 4.30. The minimum atomic E-state index is -0.615. The molecule has 0 radical (unpaired) electrons. The molecule has 0 N–H and O–H groups in total. The van der Waals surface area contributed by atoms with Gasteiger partial charge in [-0.1, -0.05) is 12.1 Å². The van der Waals surface area contributed by atoms with E-state index >= 15 is 0 Å². The predicted molar refractivity (Wildman–Crippen MR) is 69.8 cm³/mol. The Hall–Kier alpha value is -2.46. The van der Waals surface area contributed by atoms with Gasteiger partial charge in [0.25, 0.3) is 5.69 Å². The minimum Gasteiger partial charge on any atom is -0.436 e. The molecule has 0 atom stereocenters. The van der Waals surface area contributed by atoms with Crippen LogP contribution in [0.1, 0.15) is 5.56 Å². The summed E-state index contributed by atoms with van der Waals surface area (Å²) in [5, 5.41) is 19.6. The number of halogens is 1. The molecule has 0 saturated heterocycles. The van der Waals surface area contributed by atoms with Crippen LogP contribution < -0.4 is 4.74 Å². The molecule has 0 fully saturated rings. The molecule has 1 aromatic carbocycles. The maximum absolute atomic E-state index is 10.6. The average Bonchev–Trinajstić information content (AvgIpc) is 2.41. The Kier molecular flexibility index (Phi) is 3.73. The Morgan fingerprint density at radius 3 is 2.79 bits per heavy atom. The van der Waals surface area contributed by atoms with Gasteiger partial charge >= 0.3 is 0 Å². The molecule has 2 rings (SSSR count). The van der Waals surface area contributed by atoms with Gasteiger partial charge in [-0.25, -0.2) is 4.98 Å². The first-order valence-electron chi connectivity index (χ1n) is 5.08. The summed E-state index contributed by atoms with van der Waals surface area (Å²) in [5.41, 5.74) is -0.249. The Morgan fingerprint density at radius 1 is 1.42 bits per heavy atom. The van der Waals surface area contributed by atoms with Crippen molar-refractivity contribution in [2.24, 2.45) is 0 Å². The second-order valence-electron chi connectivity index (χ2n) is 3.45. The number of aromatic nitrogens is 1. The maximum atomic E-state index is 10.6. The Morgan fingerprint density at radius 2 is 2.16 bits per heavy atom. The van der Waals surface area contributed by atoms with E-state index in [0.717, 1.165) is 12.3 Å². The molecule has 19 heavy (non-hydrogen) atoms. The lowest BCUT2D eigenvalue weighted by Gasteiger charge is -2.07. The average molecular weight is 320 g/mol. The van der Waals surface area contributed by atoms with Crippen LogP contribution in [-0.2, 0) is 0 Å². The van der Waals surface area contributed by atoms with Crippen molar-refractivity contribution >= 4 is 21.6 Å². The van der Waals surface area contributed by atoms with Crippen molar-refractivity contribution in [3.8, 4) is 17.7 Å². The van der Waals surface area contributed by atoms with E-state index in [1.807, 2.05) is 12.1 Å². The predicted octanol–water partition coefficient (Wildman–Crippen LogP) is 3.42. The summed E-state index contributed by atoms with van der Waals surface area (Å²) >= 11 is 3.29. The van der Waals surface area contributed by atoms with Gasteiger partial charge in [0.1, 0.15) is 23.6 Å². The van der Waals surface area contributed by atoms with E-state index in [4.69, 9.17) is 10.00 Å². The SMILES string of the molecule is N#Cc1cc([N+](=O)[O-])cnc1Oc1ccccc1Br. The summed E-state index contributed by atoms with van der Waals surface area (Å²) in [7, 11) is 0. The summed E-state index contributed by atoms with van der Waals surface area (Å²) in [4.78, 5) is 13.8. The molecule has 1 heterocycles. The molecule has 0 unspecified atom stereocenters. The van der Waals surface area contributed by atoms with Crippen LogP contribution in [0.15, 0.2) is 41.0 Å². The van der Waals surface area contributed by atoms with E-state index in [0.29, 0.717) is 10.2 Å². The smallest absolute Gasteiger partial charge is 0.289 e. The fourth-order valence-electron chi connectivity index (χ4n) is 1.33. The van der Waals surface area contributed by atoms with Crippen molar-refractivity contribution in [1.82, 2.24) is 4.98 Å². The Bertz CT molecular complexity index is 682. The summed E-state index contributed by atoms with van der Waals surface area (Å²) in [6.07, 6.45) is 1.05. The van der Waals surface area contributed by atoms with Crippen molar-refractivity contribution in [3.63, 3.8) is 0 Å². The number of para-hydroxylation sites is 1. The highest BCUT2D eigenvalue weighted by atomic mass is 79.9. The van der Waals surface area contributed by atoms with E-state index in [1.54, 1.807) is 18.2 Å². The molecular weight excluding hydrogens is 314 g/mol. The summed E-state index contributed by atoms with van der Waals surface area (Å²) in [5.74, 6) is 0.500. The van der Waals surface area contributed by atoms with Crippen LogP contribution in [0.25, 0.3) is 0 Å². The molecule has 0 aliphatic rings. The van der Waals surface area contributed by atoms with Gasteiger partial charge in [0, 0.05) is 6.07 Å². The third kappa shape index (κ3) is 2.86. The van der Waals surface area contributed by atoms with Crippen LogP contribution in [0.2, 0.25) is 0 Å². The molecule has 0 aliphatic heterocycles. The summed E-state index contributed by atoms with van der Waals surface area (Å²) in [6.45, 7) is 0. The van der Waals surface area contributed by atoms with Crippen LogP contribution >= 0.6 is 15.9 Å². The van der Waals surface area contributed by atoms with Gasteiger partial charge in [0.2, 0.25) is 5.88 Å². The first kappa shape index (κ1) is 13.0. The lowest BCUT2D eigenvalue weighted by atomic mass is 10.2. The number of benzene rings is 1. The number of hydrogen-bond acceptors (Lipinski definition) is 5. The van der Waals surface area contributed by atoms with Crippen LogP contribution in [-0.4, -0.2) is 9.91 Å². The van der Waals surface area contributed by atoms with Crippen molar-refractivity contribution in [2.75, 3.05) is 0 Å². The van der Waals surface area contributed by atoms with E-state index in [-0.39, 0.29) is 17.1 Å². The van der Waals surface area contributed by atoms with Crippen molar-refractivity contribution < 1.29 is 9.66 Å². The van der Waals surface area contributed by atoms with E-state index in [9.17, 15) is 10.1 Å². The molecule has 7 heteroatoms. The van der Waals surface area contributed by atoms with Gasteiger partial charge in [0.15, 0.2) is 0 Å². The quantitative estimate of drug-likeness (QED) is 0.638. The normalized spacial score (nSPS) is 9.68. The molecule has 94 valence electrons.